The summed E-state index contributed by atoms with van der Waals surface area (Å²) in [7, 11) is 0. The number of nitrogens with two attached hydrogens (primary N) is 5. The summed E-state index contributed by atoms with van der Waals surface area (Å²) in [5, 5.41) is 3.41. The van der Waals surface area contributed by atoms with Gasteiger partial charge >= 0.3 is 0 Å². The molecule has 434 valence electrons. The third kappa shape index (κ3) is 16.3. The van der Waals surface area contributed by atoms with Gasteiger partial charge in [-0.05, 0) is 76.5 Å². The highest BCUT2D eigenvalue weighted by Gasteiger charge is 2.57. The van der Waals surface area contributed by atoms with Crippen molar-refractivity contribution >= 4 is 41.2 Å². The zero-order chi connectivity index (χ0) is 55.7. The van der Waals surface area contributed by atoms with Crippen molar-refractivity contribution in [3.05, 3.63) is 0 Å². The fourth-order valence-electron chi connectivity index (χ4n) is 12.4. The quantitative estimate of drug-likeness (QED) is 0.0356. The molecule has 21 nitrogen and oxygen atoms in total. The van der Waals surface area contributed by atoms with Gasteiger partial charge in [0.05, 0.1) is 60.2 Å². The molecule has 0 radical (unpaired) electrons. The maximum Gasteiger partial charge on any atom is 0.246 e. The third-order valence-electron chi connectivity index (χ3n) is 16.8. The number of guanidine groups is 2. The average Bonchev–Trinajstić information content (AvgIpc) is 4.21. The average molecular weight is 1070 g/mol. The number of ketones is 2. The molecule has 0 aromatic rings. The van der Waals surface area contributed by atoms with Crippen LogP contribution in [0.15, 0.2) is 9.98 Å². The third-order valence-corrected chi connectivity index (χ3v) is 16.8. The monoisotopic (exact) mass is 1070 g/mol. The van der Waals surface area contributed by atoms with Crippen molar-refractivity contribution in [3.8, 4) is 0 Å². The van der Waals surface area contributed by atoms with Gasteiger partial charge in [0.25, 0.3) is 0 Å². The molecule has 1 saturated carbocycles. The van der Waals surface area contributed by atoms with Crippen molar-refractivity contribution in [1.29, 1.82) is 0 Å². The van der Waals surface area contributed by atoms with Gasteiger partial charge in [-0.25, -0.2) is 0 Å². The molecule has 5 aliphatic rings. The minimum atomic E-state index is -1.20. The molecule has 4 aliphatic heterocycles. The lowest BCUT2D eigenvalue weighted by Gasteiger charge is -2.44. The Morgan fingerprint density at radius 2 is 1.04 bits per heavy atom. The number of rotatable bonds is 29. The van der Waals surface area contributed by atoms with E-state index >= 15 is 14.4 Å². The van der Waals surface area contributed by atoms with Crippen molar-refractivity contribution in [2.24, 2.45) is 50.5 Å². The van der Waals surface area contributed by atoms with Gasteiger partial charge in [-0.3, -0.25) is 43.8 Å². The first kappa shape index (κ1) is 62.8. The molecule has 5 fully saturated rings. The summed E-state index contributed by atoms with van der Waals surface area (Å²) in [5.41, 5.74) is 26.3. The molecule has 5 rings (SSSR count). The Bertz CT molecular complexity index is 1940. The largest absolute Gasteiger partial charge is 0.377 e. The second kappa shape index (κ2) is 29.8. The lowest BCUT2D eigenvalue weighted by atomic mass is 9.84. The molecule has 21 heteroatoms. The van der Waals surface area contributed by atoms with Crippen LogP contribution in [0.1, 0.15) is 158 Å². The minimum Gasteiger partial charge on any atom is -0.377 e. The van der Waals surface area contributed by atoms with Gasteiger partial charge in [0.1, 0.15) is 6.04 Å². The Morgan fingerprint density at radius 1 is 0.592 bits per heavy atom. The van der Waals surface area contributed by atoms with Crippen LogP contribution in [0.5, 0.6) is 0 Å². The summed E-state index contributed by atoms with van der Waals surface area (Å²) in [6.45, 7) is 19.0. The van der Waals surface area contributed by atoms with E-state index in [1.807, 2.05) is 37.5 Å². The first-order valence-corrected chi connectivity index (χ1v) is 29.0. The van der Waals surface area contributed by atoms with Crippen LogP contribution in [-0.4, -0.2) is 199 Å². The summed E-state index contributed by atoms with van der Waals surface area (Å²) >= 11 is 0. The number of aliphatic imine (C=N–C) groups is 2. The zero-order valence-corrected chi connectivity index (χ0v) is 47.7. The number of likely N-dealkylation sites (tertiary alicyclic amines) is 4. The van der Waals surface area contributed by atoms with Crippen LogP contribution in [-0.2, 0) is 42.9 Å². The Labute approximate surface area is 454 Å². The van der Waals surface area contributed by atoms with Gasteiger partial charge in [-0.2, -0.15) is 0 Å². The van der Waals surface area contributed by atoms with Gasteiger partial charge < -0.3 is 62.7 Å². The van der Waals surface area contributed by atoms with Gasteiger partial charge in [-0.15, -0.1) is 0 Å². The SMILES string of the molecule is CCC(C)(C(=O)[C@@H]1C[C@H](OCCCN=C(N)N)CN1C(=O)[C@@H]1C[C@@H](OCCCN=C(N)N)CN1C(=O)[C@@H]1C[C@@H](OCC(C)C)CN1C(CC)(CC)C(=O)CN)N1C[C@H](OCC(C)C)C[C@H]1C(=O)NC1CCCCCCC1. The van der Waals surface area contributed by atoms with Crippen LogP contribution in [0.3, 0.4) is 0 Å². The number of nitrogens with one attached hydrogen (secondary N) is 1. The fraction of sp³-hybridized carbons (Fsp3) is 0.873. The highest BCUT2D eigenvalue weighted by molar-refractivity contribution is 5.99. The molecule has 11 N–H and O–H groups in total. The number of hydrogen-bond acceptors (Lipinski definition) is 14. The lowest BCUT2D eigenvalue weighted by Crippen LogP contribution is -2.63. The van der Waals surface area contributed by atoms with Crippen molar-refractivity contribution in [1.82, 2.24) is 24.9 Å². The predicted molar refractivity (Wildman–Crippen MR) is 295 cm³/mol. The number of Topliss-reactive ketones (excluding diaryl/α,β-unsaturated/α-hetero) is 2. The lowest BCUT2D eigenvalue weighted by molar-refractivity contribution is -0.152. The Kier molecular flexibility index (Phi) is 24.7. The van der Waals surface area contributed by atoms with Crippen LogP contribution in [0.2, 0.25) is 0 Å². The van der Waals surface area contributed by atoms with Crippen molar-refractivity contribution in [2.45, 2.75) is 224 Å². The number of nitrogens with zero attached hydrogens (tertiary/aromatic N) is 6. The van der Waals surface area contributed by atoms with Crippen molar-refractivity contribution in [2.75, 3.05) is 72.2 Å². The van der Waals surface area contributed by atoms with E-state index < -0.39 is 53.4 Å². The molecule has 4 saturated heterocycles. The molecule has 0 aromatic carbocycles. The highest BCUT2D eigenvalue weighted by Crippen LogP contribution is 2.40. The number of hydrogen-bond donors (Lipinski definition) is 6. The van der Waals surface area contributed by atoms with E-state index in [2.05, 4.69) is 43.0 Å². The molecule has 0 aromatic heterocycles. The summed E-state index contributed by atoms with van der Waals surface area (Å²) in [4.78, 5) is 91.4. The zero-order valence-electron chi connectivity index (χ0n) is 47.7. The van der Waals surface area contributed by atoms with Gasteiger partial charge in [0.2, 0.25) is 17.7 Å². The van der Waals surface area contributed by atoms with Crippen LogP contribution in [0, 0.1) is 11.8 Å². The second-order valence-electron chi connectivity index (χ2n) is 23.2. The van der Waals surface area contributed by atoms with Crippen LogP contribution in [0.4, 0.5) is 0 Å². The molecule has 9 atom stereocenters. The standard InChI is InChI=1S/C55H100N12O9/c1-9-54(8,66-32-41(75-34-36(4)5)26-44(66)49(70)63-38-19-15-13-12-14-16-20-38)48(69)43-25-39(73-23-17-21-61-52(57)58)30-64(43)50(71)45-27-40(74-24-18-22-62-53(59)60)31-65(45)51(72)46-28-42(76-35-37(6)7)33-67(46)55(10-2,11-3)47(68)29-56/h36-46H,9-35,56H2,1-8H3,(H,63,70)(H4,57,58,61)(H4,59,60,62)/t39-,40+,41+,42+,43-,44-,45-,46-,54?/m0/s1. The first-order chi connectivity index (χ1) is 36.2. The van der Waals surface area contributed by atoms with E-state index in [-0.39, 0.29) is 111 Å². The summed E-state index contributed by atoms with van der Waals surface area (Å²) in [6, 6.07) is -3.38. The van der Waals surface area contributed by atoms with Crippen LogP contribution in [0.25, 0.3) is 0 Å². The number of carbonyl (C=O) groups excluding carboxylic acids is 5. The molecule has 0 bridgehead atoms. The number of ether oxygens (including phenoxy) is 4. The molecule has 76 heavy (non-hydrogen) atoms. The van der Waals surface area contributed by atoms with E-state index in [1.165, 1.54) is 6.42 Å². The van der Waals surface area contributed by atoms with E-state index in [1.54, 1.807) is 9.80 Å². The van der Waals surface area contributed by atoms with E-state index in [9.17, 15) is 9.59 Å². The first-order valence-electron chi connectivity index (χ1n) is 29.0. The number of amides is 3. The molecular formula is C55H100N12O9. The van der Waals surface area contributed by atoms with Crippen LogP contribution >= 0.6 is 0 Å². The fourth-order valence-corrected chi connectivity index (χ4v) is 12.4. The van der Waals surface area contributed by atoms with E-state index in [4.69, 9.17) is 47.6 Å². The topological polar surface area (TPSA) is 302 Å². The van der Waals surface area contributed by atoms with Gasteiger partial charge in [-0.1, -0.05) is 80.6 Å². The normalized spacial score (nSPS) is 26.9. The summed E-state index contributed by atoms with van der Waals surface area (Å²) in [5.74, 6) is -0.704. The Balaban J connectivity index is 1.53. The van der Waals surface area contributed by atoms with E-state index in [0.717, 1.165) is 38.5 Å². The van der Waals surface area contributed by atoms with Gasteiger partial charge in [0, 0.05) is 84.6 Å². The van der Waals surface area contributed by atoms with Gasteiger partial charge in [0.15, 0.2) is 23.5 Å². The van der Waals surface area contributed by atoms with Crippen molar-refractivity contribution < 1.29 is 42.9 Å². The molecule has 1 aliphatic carbocycles. The molecule has 0 spiro atoms. The molecule has 1 unspecified atom stereocenters. The highest BCUT2D eigenvalue weighted by atomic mass is 16.5. The number of carbonyl (C=O) groups is 5. The Hall–Kier alpha value is -3.99. The second-order valence-corrected chi connectivity index (χ2v) is 23.2. The molecular weight excluding hydrogens is 973 g/mol. The van der Waals surface area contributed by atoms with Crippen molar-refractivity contribution in [3.63, 3.8) is 0 Å². The van der Waals surface area contributed by atoms with Crippen LogP contribution < -0.4 is 34.0 Å². The smallest absolute Gasteiger partial charge is 0.246 e. The minimum absolute atomic E-state index is 0.0234. The maximum absolute atomic E-state index is 15.9. The molecule has 4 heterocycles. The molecule has 3 amide bonds. The van der Waals surface area contributed by atoms with E-state index in [0.29, 0.717) is 84.3 Å². The maximum atomic E-state index is 15.9. The summed E-state index contributed by atoms with van der Waals surface area (Å²) < 4.78 is 25.7. The summed E-state index contributed by atoms with van der Waals surface area (Å²) in [6.07, 6.45) is 9.09. The Morgan fingerprint density at radius 3 is 1.53 bits per heavy atom. The predicted octanol–water partition coefficient (Wildman–Crippen LogP) is 2.57.